The Morgan fingerprint density at radius 2 is 2.30 bits per heavy atom. The summed E-state index contributed by atoms with van der Waals surface area (Å²) < 4.78 is 0. The molecule has 2 nitrogen and oxygen atoms in total. The summed E-state index contributed by atoms with van der Waals surface area (Å²) in [5.74, 6) is 0. The third-order valence-corrected chi connectivity index (χ3v) is 2.01. The Kier molecular flexibility index (Phi) is 2.20. The number of rotatable bonds is 1. The summed E-state index contributed by atoms with van der Waals surface area (Å²) >= 11 is 0. The lowest BCUT2D eigenvalue weighted by Gasteiger charge is -2.30. The Morgan fingerprint density at radius 3 is 2.80 bits per heavy atom. The highest BCUT2D eigenvalue weighted by Gasteiger charge is 2.16. The Bertz CT molecular complexity index is 140. The van der Waals surface area contributed by atoms with Crippen LogP contribution in [0.2, 0.25) is 0 Å². The van der Waals surface area contributed by atoms with Gasteiger partial charge in [0, 0.05) is 24.0 Å². The van der Waals surface area contributed by atoms with Gasteiger partial charge in [-0.1, -0.05) is 6.92 Å². The van der Waals surface area contributed by atoms with Crippen LogP contribution in [-0.4, -0.2) is 12.1 Å². The molecule has 0 saturated carbocycles. The molecule has 1 aliphatic rings. The highest BCUT2D eigenvalue weighted by molar-refractivity contribution is 5.03. The maximum atomic E-state index is 3.38. The third kappa shape index (κ3) is 1.43. The summed E-state index contributed by atoms with van der Waals surface area (Å²) in [7, 11) is 0. The molecule has 2 atom stereocenters. The maximum absolute atomic E-state index is 3.38. The van der Waals surface area contributed by atoms with Crippen LogP contribution in [0.1, 0.15) is 27.2 Å². The van der Waals surface area contributed by atoms with Crippen molar-refractivity contribution in [1.82, 2.24) is 10.6 Å². The van der Waals surface area contributed by atoms with Gasteiger partial charge in [-0.05, 0) is 20.3 Å². The van der Waals surface area contributed by atoms with Crippen molar-refractivity contribution in [3.8, 4) is 0 Å². The van der Waals surface area contributed by atoms with Gasteiger partial charge in [-0.15, -0.1) is 0 Å². The highest BCUT2D eigenvalue weighted by atomic mass is 15.1. The van der Waals surface area contributed by atoms with Crippen LogP contribution in [0.3, 0.4) is 0 Å². The Hall–Kier alpha value is -0.660. The van der Waals surface area contributed by atoms with Gasteiger partial charge in [0.2, 0.25) is 0 Å². The van der Waals surface area contributed by atoms with E-state index in [1.165, 1.54) is 12.1 Å². The van der Waals surface area contributed by atoms with Gasteiger partial charge in [0.25, 0.3) is 0 Å². The van der Waals surface area contributed by atoms with E-state index in [-0.39, 0.29) is 0 Å². The van der Waals surface area contributed by atoms with Crippen molar-refractivity contribution < 1.29 is 0 Å². The zero-order valence-corrected chi connectivity index (χ0v) is 6.94. The summed E-state index contributed by atoms with van der Waals surface area (Å²) in [6, 6.07) is 1.17. The predicted octanol–water partition coefficient (Wildman–Crippen LogP) is 1.21. The van der Waals surface area contributed by atoms with Crippen LogP contribution in [0, 0.1) is 0 Å². The first kappa shape index (κ1) is 7.45. The molecule has 0 saturated heterocycles. The van der Waals surface area contributed by atoms with Gasteiger partial charge in [-0.2, -0.15) is 0 Å². The van der Waals surface area contributed by atoms with E-state index in [0.717, 1.165) is 0 Å². The van der Waals surface area contributed by atoms with Crippen molar-refractivity contribution in [3.63, 3.8) is 0 Å². The molecule has 10 heavy (non-hydrogen) atoms. The predicted molar refractivity (Wildman–Crippen MR) is 43.6 cm³/mol. The fourth-order valence-corrected chi connectivity index (χ4v) is 1.35. The molecule has 0 aromatic rings. The first-order valence-electron chi connectivity index (χ1n) is 3.93. The standard InChI is InChI=1S/C8H16N2/c1-4-8-7(3)10-6(2)5-9-8/h5,7-10H,4H2,1-3H3. The molecular formula is C8H16N2. The van der Waals surface area contributed by atoms with E-state index < -0.39 is 0 Å². The largest absolute Gasteiger partial charge is 0.385 e. The second kappa shape index (κ2) is 2.95. The number of hydrogen-bond acceptors (Lipinski definition) is 2. The molecule has 58 valence electrons. The van der Waals surface area contributed by atoms with Crippen LogP contribution in [0.25, 0.3) is 0 Å². The van der Waals surface area contributed by atoms with Crippen molar-refractivity contribution in [2.45, 2.75) is 39.3 Å². The zero-order chi connectivity index (χ0) is 7.56. The van der Waals surface area contributed by atoms with Crippen molar-refractivity contribution in [3.05, 3.63) is 11.9 Å². The maximum Gasteiger partial charge on any atom is 0.0452 e. The smallest absolute Gasteiger partial charge is 0.0452 e. The van der Waals surface area contributed by atoms with Crippen molar-refractivity contribution >= 4 is 0 Å². The van der Waals surface area contributed by atoms with Crippen LogP contribution in [0.4, 0.5) is 0 Å². The monoisotopic (exact) mass is 140 g/mol. The van der Waals surface area contributed by atoms with Crippen LogP contribution in [0.15, 0.2) is 11.9 Å². The summed E-state index contributed by atoms with van der Waals surface area (Å²) in [5.41, 5.74) is 1.23. The first-order valence-corrected chi connectivity index (χ1v) is 3.93. The topological polar surface area (TPSA) is 24.1 Å². The Morgan fingerprint density at radius 1 is 1.60 bits per heavy atom. The molecule has 0 aliphatic carbocycles. The lowest BCUT2D eigenvalue weighted by atomic mass is 10.1. The lowest BCUT2D eigenvalue weighted by molar-refractivity contribution is 0.411. The molecule has 0 aromatic heterocycles. The van der Waals surface area contributed by atoms with Crippen molar-refractivity contribution in [2.75, 3.05) is 0 Å². The average molecular weight is 140 g/mol. The summed E-state index contributed by atoms with van der Waals surface area (Å²) in [4.78, 5) is 0. The van der Waals surface area contributed by atoms with Gasteiger partial charge in [-0.3, -0.25) is 0 Å². The molecule has 0 bridgehead atoms. The van der Waals surface area contributed by atoms with E-state index in [1.54, 1.807) is 0 Å². The van der Waals surface area contributed by atoms with E-state index in [1.807, 2.05) is 6.20 Å². The molecule has 1 heterocycles. The van der Waals surface area contributed by atoms with E-state index >= 15 is 0 Å². The zero-order valence-electron chi connectivity index (χ0n) is 6.94. The summed E-state index contributed by atoms with van der Waals surface area (Å²) in [6.07, 6.45) is 3.23. The fraction of sp³-hybridized carbons (Fsp3) is 0.750. The van der Waals surface area contributed by atoms with Gasteiger partial charge in [0.15, 0.2) is 0 Å². The second-order valence-corrected chi connectivity index (χ2v) is 2.94. The Balaban J connectivity index is 2.52. The SMILES string of the molecule is CCC1NC=C(C)NC1C. The molecule has 1 aliphatic heterocycles. The van der Waals surface area contributed by atoms with E-state index in [4.69, 9.17) is 0 Å². The highest BCUT2D eigenvalue weighted by Crippen LogP contribution is 2.05. The molecule has 0 radical (unpaired) electrons. The molecule has 2 unspecified atom stereocenters. The quantitative estimate of drug-likeness (QED) is 0.572. The molecule has 0 aromatic carbocycles. The van der Waals surface area contributed by atoms with E-state index in [0.29, 0.717) is 12.1 Å². The molecule has 0 amide bonds. The number of nitrogens with one attached hydrogen (secondary N) is 2. The minimum absolute atomic E-state index is 0.565. The fourth-order valence-electron chi connectivity index (χ4n) is 1.35. The molecule has 2 N–H and O–H groups in total. The Labute approximate surface area is 62.7 Å². The van der Waals surface area contributed by atoms with Gasteiger partial charge < -0.3 is 10.6 Å². The lowest BCUT2D eigenvalue weighted by Crippen LogP contribution is -2.47. The van der Waals surface area contributed by atoms with Crippen LogP contribution >= 0.6 is 0 Å². The van der Waals surface area contributed by atoms with Gasteiger partial charge >= 0.3 is 0 Å². The molecule has 0 spiro atoms. The van der Waals surface area contributed by atoms with Crippen LogP contribution < -0.4 is 10.6 Å². The van der Waals surface area contributed by atoms with Crippen molar-refractivity contribution in [1.29, 1.82) is 0 Å². The molecular weight excluding hydrogens is 124 g/mol. The van der Waals surface area contributed by atoms with Gasteiger partial charge in [-0.25, -0.2) is 0 Å². The second-order valence-electron chi connectivity index (χ2n) is 2.94. The average Bonchev–Trinajstić information content (AvgIpc) is 1.88. The third-order valence-electron chi connectivity index (χ3n) is 2.01. The number of allylic oxidation sites excluding steroid dienone is 1. The van der Waals surface area contributed by atoms with E-state index in [2.05, 4.69) is 31.4 Å². The van der Waals surface area contributed by atoms with Gasteiger partial charge in [0.05, 0.1) is 0 Å². The van der Waals surface area contributed by atoms with E-state index in [9.17, 15) is 0 Å². The normalized spacial score (nSPS) is 32.1. The van der Waals surface area contributed by atoms with Crippen LogP contribution in [0.5, 0.6) is 0 Å². The minimum atomic E-state index is 0.565. The first-order chi connectivity index (χ1) is 4.74. The van der Waals surface area contributed by atoms with Crippen molar-refractivity contribution in [2.24, 2.45) is 0 Å². The van der Waals surface area contributed by atoms with Gasteiger partial charge in [0.1, 0.15) is 0 Å². The summed E-state index contributed by atoms with van der Waals surface area (Å²) in [5, 5.41) is 6.72. The molecule has 1 rings (SSSR count). The summed E-state index contributed by atoms with van der Waals surface area (Å²) in [6.45, 7) is 6.48. The minimum Gasteiger partial charge on any atom is -0.385 e. The molecule has 2 heteroatoms. The molecule has 0 fully saturated rings. The van der Waals surface area contributed by atoms with Crippen LogP contribution in [-0.2, 0) is 0 Å². The number of hydrogen-bond donors (Lipinski definition) is 2.